The predicted molar refractivity (Wildman–Crippen MR) is 76.1 cm³/mol. The largest absolute Gasteiger partial charge is 0.339 e. The number of nitrogens with two attached hydrogens (primary N) is 1. The lowest BCUT2D eigenvalue weighted by molar-refractivity contribution is 0.364. The van der Waals surface area contributed by atoms with Gasteiger partial charge in [-0.3, -0.25) is 0 Å². The maximum absolute atomic E-state index is 11.3. The highest BCUT2D eigenvalue weighted by atomic mass is 32.2. The highest BCUT2D eigenvalue weighted by Gasteiger charge is 2.61. The minimum Gasteiger partial charge on any atom is -0.339 e. The summed E-state index contributed by atoms with van der Waals surface area (Å²) in [6.07, 6.45) is 0. The Hall–Kier alpha value is -1.73. The van der Waals surface area contributed by atoms with Gasteiger partial charge in [0.1, 0.15) is 0 Å². The van der Waals surface area contributed by atoms with Crippen LogP contribution in [0.4, 0.5) is 0 Å². The number of rotatable bonds is 3. The molecule has 21 heavy (non-hydrogen) atoms. The molecule has 2 N–H and O–H groups in total. The van der Waals surface area contributed by atoms with E-state index >= 15 is 0 Å². The second-order valence-corrected chi connectivity index (χ2v) is 7.63. The van der Waals surface area contributed by atoms with Crippen LogP contribution in [0, 0.1) is 12.3 Å². The van der Waals surface area contributed by atoms with Crippen LogP contribution in [0.1, 0.15) is 43.0 Å². The first-order valence-corrected chi connectivity index (χ1v) is 8.19. The van der Waals surface area contributed by atoms with E-state index in [9.17, 15) is 8.42 Å². The van der Waals surface area contributed by atoms with E-state index in [4.69, 9.17) is 9.66 Å². The molecule has 1 aromatic carbocycles. The van der Waals surface area contributed by atoms with Gasteiger partial charge in [0.25, 0.3) is 0 Å². The third-order valence-corrected chi connectivity index (χ3v) is 5.13. The average Bonchev–Trinajstić information content (AvgIpc) is 2.73. The van der Waals surface area contributed by atoms with Crippen LogP contribution in [-0.4, -0.2) is 18.6 Å². The molecule has 0 amide bonds. The summed E-state index contributed by atoms with van der Waals surface area (Å²) in [5.74, 6) is 1.64. The first-order chi connectivity index (χ1) is 9.71. The third kappa shape index (κ3) is 2.36. The van der Waals surface area contributed by atoms with Crippen LogP contribution in [0.15, 0.2) is 33.7 Å². The number of primary sulfonamides is 1. The Balaban J connectivity index is 1.91. The molecule has 2 aromatic rings. The summed E-state index contributed by atoms with van der Waals surface area (Å²) in [6, 6.07) is 6.68. The molecule has 6 nitrogen and oxygen atoms in total. The first kappa shape index (κ1) is 14.2. The van der Waals surface area contributed by atoms with Gasteiger partial charge in [0.05, 0.1) is 10.8 Å². The molecule has 2 atom stereocenters. The molecule has 1 aliphatic carbocycles. The van der Waals surface area contributed by atoms with Gasteiger partial charge < -0.3 is 4.52 Å². The molecular formula is C14H17N3O3S. The van der Waals surface area contributed by atoms with E-state index in [0.717, 1.165) is 5.56 Å². The van der Waals surface area contributed by atoms with Crippen LogP contribution in [0.25, 0.3) is 0 Å². The highest BCUT2D eigenvalue weighted by molar-refractivity contribution is 7.89. The van der Waals surface area contributed by atoms with Crippen LogP contribution in [0.5, 0.6) is 0 Å². The van der Waals surface area contributed by atoms with Gasteiger partial charge >= 0.3 is 0 Å². The Morgan fingerprint density at radius 2 is 1.81 bits per heavy atom. The zero-order valence-corrected chi connectivity index (χ0v) is 12.9. The van der Waals surface area contributed by atoms with Crippen molar-refractivity contribution in [2.75, 3.05) is 0 Å². The smallest absolute Gasteiger partial charge is 0.238 e. The molecule has 112 valence electrons. The number of nitrogens with zero attached hydrogens (tertiary/aromatic N) is 2. The molecule has 1 aromatic heterocycles. The molecule has 1 fully saturated rings. The molecule has 0 bridgehead atoms. The van der Waals surface area contributed by atoms with Crippen molar-refractivity contribution in [2.24, 2.45) is 10.6 Å². The molecule has 0 saturated heterocycles. The minimum absolute atomic E-state index is 0.00206. The molecule has 1 aliphatic rings. The van der Waals surface area contributed by atoms with Crippen molar-refractivity contribution in [1.29, 1.82) is 0 Å². The first-order valence-electron chi connectivity index (χ1n) is 6.64. The number of benzene rings is 1. The van der Waals surface area contributed by atoms with Crippen molar-refractivity contribution in [2.45, 2.75) is 37.5 Å². The number of aromatic nitrogens is 2. The molecular weight excluding hydrogens is 290 g/mol. The van der Waals surface area contributed by atoms with Gasteiger partial charge in [-0.25, -0.2) is 13.6 Å². The van der Waals surface area contributed by atoms with Gasteiger partial charge in [0.15, 0.2) is 5.82 Å². The second kappa shape index (κ2) is 4.38. The van der Waals surface area contributed by atoms with Crippen LogP contribution in [0.3, 0.4) is 0 Å². The molecule has 7 heteroatoms. The van der Waals surface area contributed by atoms with E-state index < -0.39 is 10.0 Å². The maximum Gasteiger partial charge on any atom is 0.238 e. The Kier molecular flexibility index (Phi) is 2.97. The van der Waals surface area contributed by atoms with E-state index in [2.05, 4.69) is 24.0 Å². The van der Waals surface area contributed by atoms with Gasteiger partial charge in [-0.15, -0.1) is 0 Å². The van der Waals surface area contributed by atoms with E-state index in [-0.39, 0.29) is 22.1 Å². The lowest BCUT2D eigenvalue weighted by Gasteiger charge is -2.04. The summed E-state index contributed by atoms with van der Waals surface area (Å²) in [5.41, 5.74) is 1.05. The van der Waals surface area contributed by atoms with Crippen molar-refractivity contribution < 1.29 is 12.9 Å². The SMILES string of the molecule is Cc1noc([C@H]2[C@H](c3ccc(S(N)(=O)=O)cc3)C2(C)C)n1. The Bertz CT molecular complexity index is 778. The monoisotopic (exact) mass is 307 g/mol. The highest BCUT2D eigenvalue weighted by Crippen LogP contribution is 2.69. The van der Waals surface area contributed by atoms with Crippen molar-refractivity contribution in [3.05, 3.63) is 41.5 Å². The average molecular weight is 307 g/mol. The summed E-state index contributed by atoms with van der Waals surface area (Å²) in [6.45, 7) is 6.06. The van der Waals surface area contributed by atoms with E-state index in [1.807, 2.05) is 0 Å². The number of hydrogen-bond donors (Lipinski definition) is 1. The van der Waals surface area contributed by atoms with Crippen LogP contribution >= 0.6 is 0 Å². The third-order valence-electron chi connectivity index (χ3n) is 4.20. The molecule has 0 spiro atoms. The predicted octanol–water partition coefficient (Wildman–Crippen LogP) is 1.93. The molecule has 0 radical (unpaired) electrons. The molecule has 0 unspecified atom stereocenters. The van der Waals surface area contributed by atoms with Crippen LogP contribution in [-0.2, 0) is 10.0 Å². The van der Waals surface area contributed by atoms with Crippen LogP contribution in [0.2, 0.25) is 0 Å². The standard InChI is InChI=1S/C14H17N3O3S/c1-8-16-13(20-17-8)12-11(14(12,2)3)9-4-6-10(7-5-9)21(15,18)19/h4-7,11-12H,1-3H3,(H2,15,18,19)/t11-,12+/m0/s1. The topological polar surface area (TPSA) is 99.1 Å². The fourth-order valence-corrected chi connectivity index (χ4v) is 3.54. The summed E-state index contributed by atoms with van der Waals surface area (Å²) in [5, 5.41) is 8.95. The van der Waals surface area contributed by atoms with E-state index in [1.54, 1.807) is 19.1 Å². The number of sulfonamides is 1. The number of aryl methyl sites for hydroxylation is 1. The Morgan fingerprint density at radius 3 is 2.29 bits per heavy atom. The van der Waals surface area contributed by atoms with Gasteiger partial charge in [0, 0.05) is 5.92 Å². The summed E-state index contributed by atoms with van der Waals surface area (Å²) in [4.78, 5) is 4.43. The van der Waals surface area contributed by atoms with E-state index in [1.165, 1.54) is 12.1 Å². The maximum atomic E-state index is 11.3. The Labute approximate surface area is 123 Å². The Morgan fingerprint density at radius 1 is 1.19 bits per heavy atom. The zero-order valence-electron chi connectivity index (χ0n) is 12.1. The molecule has 1 saturated carbocycles. The summed E-state index contributed by atoms with van der Waals surface area (Å²) >= 11 is 0. The van der Waals surface area contributed by atoms with Crippen LogP contribution < -0.4 is 5.14 Å². The molecule has 3 rings (SSSR count). The van der Waals surface area contributed by atoms with Gasteiger partial charge in [0.2, 0.25) is 15.9 Å². The van der Waals surface area contributed by atoms with Crippen molar-refractivity contribution in [1.82, 2.24) is 10.1 Å². The molecule has 0 aliphatic heterocycles. The van der Waals surface area contributed by atoms with Crippen molar-refractivity contribution in [3.63, 3.8) is 0 Å². The van der Waals surface area contributed by atoms with Gasteiger partial charge in [-0.05, 0) is 30.0 Å². The second-order valence-electron chi connectivity index (χ2n) is 6.07. The van der Waals surface area contributed by atoms with Crippen molar-refractivity contribution >= 4 is 10.0 Å². The summed E-state index contributed by atoms with van der Waals surface area (Å²) in [7, 11) is -3.66. The fourth-order valence-electron chi connectivity index (χ4n) is 3.03. The fraction of sp³-hybridized carbons (Fsp3) is 0.429. The quantitative estimate of drug-likeness (QED) is 0.934. The van der Waals surface area contributed by atoms with Crippen molar-refractivity contribution in [3.8, 4) is 0 Å². The number of hydrogen-bond acceptors (Lipinski definition) is 5. The zero-order chi connectivity index (χ0) is 15.4. The lowest BCUT2D eigenvalue weighted by Crippen LogP contribution is -2.11. The summed E-state index contributed by atoms with van der Waals surface area (Å²) < 4.78 is 27.9. The molecule has 1 heterocycles. The normalized spacial score (nSPS) is 24.0. The van der Waals surface area contributed by atoms with E-state index in [0.29, 0.717) is 11.7 Å². The van der Waals surface area contributed by atoms with Gasteiger partial charge in [-0.2, -0.15) is 4.98 Å². The van der Waals surface area contributed by atoms with Gasteiger partial charge in [-0.1, -0.05) is 31.1 Å². The lowest BCUT2D eigenvalue weighted by atomic mass is 10.0. The minimum atomic E-state index is -3.66.